The van der Waals surface area contributed by atoms with E-state index in [9.17, 15) is 5.11 Å². The molecular weight excluding hydrogens is 224 g/mol. The predicted octanol–water partition coefficient (Wildman–Crippen LogP) is 3.18. The van der Waals surface area contributed by atoms with Crippen molar-refractivity contribution in [3.05, 3.63) is 30.0 Å². The highest BCUT2D eigenvalue weighted by molar-refractivity contribution is 5.89. The van der Waals surface area contributed by atoms with E-state index in [4.69, 9.17) is 0 Å². The minimum absolute atomic E-state index is 0.388. The molecule has 0 bridgehead atoms. The number of nitrogens with zero attached hydrogens (tertiary/aromatic N) is 1. The van der Waals surface area contributed by atoms with E-state index in [-0.39, 0.29) is 0 Å². The molecule has 3 nitrogen and oxygen atoms in total. The normalized spacial score (nSPS) is 15.7. The molecule has 3 rings (SSSR count). The average molecular weight is 244 g/mol. The van der Waals surface area contributed by atoms with Gasteiger partial charge in [-0.05, 0) is 44.4 Å². The highest BCUT2D eigenvalue weighted by atomic mass is 16.3. The molecule has 0 atom stereocenters. The molecule has 0 aliphatic heterocycles. The van der Waals surface area contributed by atoms with Crippen LogP contribution in [0.2, 0.25) is 0 Å². The largest absolute Gasteiger partial charge is 0.507 e. The molecule has 18 heavy (non-hydrogen) atoms. The van der Waals surface area contributed by atoms with E-state index in [0.29, 0.717) is 17.8 Å². The number of rotatable bonds is 4. The SMILES string of the molecule is CC(C)n1cc(CNC2CC2)c2c(O)cccc21. The number of nitrogens with one attached hydrogen (secondary N) is 1. The summed E-state index contributed by atoms with van der Waals surface area (Å²) in [6.07, 6.45) is 4.74. The van der Waals surface area contributed by atoms with Gasteiger partial charge in [0, 0.05) is 30.2 Å². The predicted molar refractivity (Wildman–Crippen MR) is 73.8 cm³/mol. The smallest absolute Gasteiger partial charge is 0.125 e. The lowest BCUT2D eigenvalue weighted by atomic mass is 10.1. The van der Waals surface area contributed by atoms with Crippen LogP contribution in [0.5, 0.6) is 5.75 Å². The molecule has 1 aromatic heterocycles. The molecule has 1 heterocycles. The number of fused-ring (bicyclic) bond motifs is 1. The van der Waals surface area contributed by atoms with Gasteiger partial charge >= 0.3 is 0 Å². The molecule has 0 saturated heterocycles. The lowest BCUT2D eigenvalue weighted by molar-refractivity contribution is 0.481. The fourth-order valence-electron chi connectivity index (χ4n) is 2.48. The van der Waals surface area contributed by atoms with Crippen LogP contribution in [0.15, 0.2) is 24.4 Å². The summed E-state index contributed by atoms with van der Waals surface area (Å²) in [7, 11) is 0. The van der Waals surface area contributed by atoms with Crippen molar-refractivity contribution in [1.29, 1.82) is 0 Å². The molecule has 96 valence electrons. The summed E-state index contributed by atoms with van der Waals surface area (Å²) in [5.74, 6) is 0.388. The zero-order chi connectivity index (χ0) is 12.7. The Labute approximate surface area is 107 Å². The Hall–Kier alpha value is -1.48. The summed E-state index contributed by atoms with van der Waals surface area (Å²) >= 11 is 0. The van der Waals surface area contributed by atoms with E-state index in [1.54, 1.807) is 6.07 Å². The van der Waals surface area contributed by atoms with Gasteiger partial charge in [-0.2, -0.15) is 0 Å². The zero-order valence-corrected chi connectivity index (χ0v) is 11.0. The van der Waals surface area contributed by atoms with Crippen LogP contribution in [-0.2, 0) is 6.54 Å². The molecule has 1 saturated carbocycles. The Bertz CT molecular complexity index is 567. The lowest BCUT2D eigenvalue weighted by Gasteiger charge is -2.08. The number of phenols is 1. The molecule has 2 N–H and O–H groups in total. The van der Waals surface area contributed by atoms with Gasteiger partial charge in [-0.3, -0.25) is 0 Å². The van der Waals surface area contributed by atoms with Crippen molar-refractivity contribution in [2.75, 3.05) is 0 Å². The van der Waals surface area contributed by atoms with Gasteiger partial charge < -0.3 is 15.0 Å². The lowest BCUT2D eigenvalue weighted by Crippen LogP contribution is -2.15. The summed E-state index contributed by atoms with van der Waals surface area (Å²) in [6, 6.07) is 6.86. The van der Waals surface area contributed by atoms with Crippen LogP contribution >= 0.6 is 0 Å². The molecule has 0 spiro atoms. The van der Waals surface area contributed by atoms with Crippen LogP contribution in [0.3, 0.4) is 0 Å². The summed E-state index contributed by atoms with van der Waals surface area (Å²) in [6.45, 7) is 5.18. The third kappa shape index (κ3) is 1.99. The van der Waals surface area contributed by atoms with Gasteiger partial charge in [-0.25, -0.2) is 0 Å². The van der Waals surface area contributed by atoms with E-state index >= 15 is 0 Å². The van der Waals surface area contributed by atoms with Gasteiger partial charge in [-0.1, -0.05) is 6.07 Å². The molecule has 1 aromatic carbocycles. The van der Waals surface area contributed by atoms with Crippen LogP contribution < -0.4 is 5.32 Å². The third-order valence-electron chi connectivity index (χ3n) is 3.63. The number of hydrogen-bond donors (Lipinski definition) is 2. The van der Waals surface area contributed by atoms with Gasteiger partial charge in [-0.15, -0.1) is 0 Å². The van der Waals surface area contributed by atoms with Gasteiger partial charge in [0.15, 0.2) is 0 Å². The second kappa shape index (κ2) is 4.32. The number of phenolic OH excluding ortho intramolecular Hbond substituents is 1. The van der Waals surface area contributed by atoms with E-state index < -0.39 is 0 Å². The highest BCUT2D eigenvalue weighted by Gasteiger charge is 2.21. The van der Waals surface area contributed by atoms with Crippen LogP contribution in [-0.4, -0.2) is 15.7 Å². The Morgan fingerprint density at radius 1 is 1.39 bits per heavy atom. The molecule has 2 aromatic rings. The quantitative estimate of drug-likeness (QED) is 0.866. The van der Waals surface area contributed by atoms with Crippen molar-refractivity contribution in [2.24, 2.45) is 0 Å². The standard InChI is InChI=1S/C15H20N2O/c1-10(2)17-9-11(8-16-12-6-7-12)15-13(17)4-3-5-14(15)18/h3-5,9-10,12,16,18H,6-8H2,1-2H3. The molecule has 0 radical (unpaired) electrons. The maximum Gasteiger partial charge on any atom is 0.125 e. The second-order valence-corrected chi connectivity index (χ2v) is 5.48. The molecular formula is C15H20N2O. The fourth-order valence-corrected chi connectivity index (χ4v) is 2.48. The molecule has 1 aliphatic carbocycles. The minimum atomic E-state index is 0.388. The van der Waals surface area contributed by atoms with Crippen molar-refractivity contribution in [3.63, 3.8) is 0 Å². The Morgan fingerprint density at radius 2 is 2.17 bits per heavy atom. The maximum atomic E-state index is 10.1. The van der Waals surface area contributed by atoms with Crippen LogP contribution in [0, 0.1) is 0 Å². The summed E-state index contributed by atoms with van der Waals surface area (Å²) in [5.41, 5.74) is 2.32. The van der Waals surface area contributed by atoms with Gasteiger partial charge in [0.25, 0.3) is 0 Å². The highest BCUT2D eigenvalue weighted by Crippen LogP contribution is 2.32. The van der Waals surface area contributed by atoms with Crippen LogP contribution in [0.1, 0.15) is 38.3 Å². The van der Waals surface area contributed by atoms with Crippen LogP contribution in [0.25, 0.3) is 10.9 Å². The Balaban J connectivity index is 2.05. The average Bonchev–Trinajstić information content (AvgIpc) is 3.07. The van der Waals surface area contributed by atoms with Crippen molar-refractivity contribution < 1.29 is 5.11 Å². The van der Waals surface area contributed by atoms with Crippen molar-refractivity contribution >= 4 is 10.9 Å². The van der Waals surface area contributed by atoms with Gasteiger partial charge in [0.05, 0.1) is 5.52 Å². The minimum Gasteiger partial charge on any atom is -0.507 e. The first-order valence-electron chi connectivity index (χ1n) is 6.71. The fraction of sp³-hybridized carbons (Fsp3) is 0.467. The summed E-state index contributed by atoms with van der Waals surface area (Å²) < 4.78 is 2.24. The van der Waals surface area contributed by atoms with E-state index in [1.165, 1.54) is 18.4 Å². The number of benzene rings is 1. The van der Waals surface area contributed by atoms with E-state index in [2.05, 4.69) is 36.0 Å². The Morgan fingerprint density at radius 3 is 2.83 bits per heavy atom. The molecule has 0 unspecified atom stereocenters. The van der Waals surface area contributed by atoms with E-state index in [0.717, 1.165) is 17.4 Å². The third-order valence-corrected chi connectivity index (χ3v) is 3.63. The van der Waals surface area contributed by atoms with Gasteiger partial charge in [0.2, 0.25) is 0 Å². The maximum absolute atomic E-state index is 10.1. The first-order valence-corrected chi connectivity index (χ1v) is 6.71. The molecule has 1 aliphatic rings. The summed E-state index contributed by atoms with van der Waals surface area (Å²) in [5, 5.41) is 14.6. The van der Waals surface area contributed by atoms with Crippen molar-refractivity contribution in [3.8, 4) is 5.75 Å². The zero-order valence-electron chi connectivity index (χ0n) is 11.0. The topological polar surface area (TPSA) is 37.2 Å². The first kappa shape index (κ1) is 11.6. The van der Waals surface area contributed by atoms with E-state index in [1.807, 2.05) is 6.07 Å². The van der Waals surface area contributed by atoms with Crippen molar-refractivity contribution in [2.45, 2.75) is 45.3 Å². The molecule has 0 amide bonds. The number of aromatic nitrogens is 1. The molecule has 3 heteroatoms. The summed E-state index contributed by atoms with van der Waals surface area (Å²) in [4.78, 5) is 0. The first-order chi connectivity index (χ1) is 8.66. The molecule has 1 fully saturated rings. The Kier molecular flexibility index (Phi) is 2.78. The second-order valence-electron chi connectivity index (χ2n) is 5.48. The van der Waals surface area contributed by atoms with Crippen LogP contribution in [0.4, 0.5) is 0 Å². The van der Waals surface area contributed by atoms with Gasteiger partial charge in [0.1, 0.15) is 5.75 Å². The number of hydrogen-bond acceptors (Lipinski definition) is 2. The van der Waals surface area contributed by atoms with Crippen molar-refractivity contribution in [1.82, 2.24) is 9.88 Å². The monoisotopic (exact) mass is 244 g/mol. The number of aromatic hydroxyl groups is 1.